The van der Waals surface area contributed by atoms with E-state index in [1.165, 1.54) is 19.3 Å². The van der Waals surface area contributed by atoms with Crippen LogP contribution in [0.4, 0.5) is 0 Å². The molecule has 19 heavy (non-hydrogen) atoms. The van der Waals surface area contributed by atoms with Crippen molar-refractivity contribution in [2.45, 2.75) is 39.0 Å². The molecule has 2 fully saturated rings. The fraction of sp³-hybridized carbons (Fsp3) is 0.625. The normalized spacial score (nSPS) is 33.7. The second kappa shape index (κ2) is 6.18. The molecule has 1 aliphatic heterocycles. The molecule has 2 rings (SSSR count). The van der Waals surface area contributed by atoms with E-state index in [-0.39, 0.29) is 35.6 Å². The summed E-state index contributed by atoms with van der Waals surface area (Å²) in [6.45, 7) is 5.96. The van der Waals surface area contributed by atoms with E-state index < -0.39 is 0 Å². The van der Waals surface area contributed by atoms with E-state index in [0.717, 1.165) is 12.8 Å². The van der Waals surface area contributed by atoms with Gasteiger partial charge in [0.2, 0.25) is 0 Å². The zero-order valence-electron chi connectivity index (χ0n) is 11.5. The van der Waals surface area contributed by atoms with Crippen LogP contribution in [0.2, 0.25) is 0 Å². The van der Waals surface area contributed by atoms with Crippen LogP contribution in [-0.2, 0) is 14.3 Å². The smallest absolute Gasteiger partial charge is 0.318 e. The Morgan fingerprint density at radius 1 is 1.21 bits per heavy atom. The van der Waals surface area contributed by atoms with Crippen molar-refractivity contribution in [1.82, 2.24) is 0 Å². The SMILES string of the molecule is C=C[C@@H]1C[C@H](/C=C/CCCCC)[C@H]2C(=O)OC(=O)[C@H]21. The van der Waals surface area contributed by atoms with Crippen molar-refractivity contribution in [1.29, 1.82) is 0 Å². The van der Waals surface area contributed by atoms with Gasteiger partial charge in [-0.25, -0.2) is 0 Å². The first-order valence-electron chi connectivity index (χ1n) is 7.23. The molecule has 0 N–H and O–H groups in total. The number of carbonyl (C=O) groups excluding carboxylic acids is 2. The zero-order chi connectivity index (χ0) is 13.8. The van der Waals surface area contributed by atoms with E-state index in [1.54, 1.807) is 6.08 Å². The topological polar surface area (TPSA) is 43.4 Å². The van der Waals surface area contributed by atoms with Gasteiger partial charge in [-0.15, -0.1) is 6.58 Å². The summed E-state index contributed by atoms with van der Waals surface area (Å²) in [5.41, 5.74) is 0. The Morgan fingerprint density at radius 3 is 2.53 bits per heavy atom. The molecule has 0 radical (unpaired) electrons. The highest BCUT2D eigenvalue weighted by molar-refractivity contribution is 5.97. The van der Waals surface area contributed by atoms with Crippen molar-refractivity contribution in [3.05, 3.63) is 24.8 Å². The first-order valence-corrected chi connectivity index (χ1v) is 7.23. The predicted octanol–water partition coefficient (Wildman–Crippen LogP) is 3.26. The van der Waals surface area contributed by atoms with Crippen molar-refractivity contribution >= 4 is 11.9 Å². The van der Waals surface area contributed by atoms with E-state index in [0.29, 0.717) is 0 Å². The standard InChI is InChI=1S/C16H22O3/c1-3-5-6-7-8-9-12-10-11(4-2)13-14(12)16(18)19-15(13)17/h4,8-9,11-14H,2-3,5-7,10H2,1H3/b9-8+/t11-,12+,13+,14-/m1/s1. The number of rotatable bonds is 6. The van der Waals surface area contributed by atoms with Gasteiger partial charge in [0.1, 0.15) is 0 Å². The second-order valence-corrected chi connectivity index (χ2v) is 5.51. The number of fused-ring (bicyclic) bond motifs is 1. The molecular formula is C16H22O3. The second-order valence-electron chi connectivity index (χ2n) is 5.51. The molecular weight excluding hydrogens is 240 g/mol. The van der Waals surface area contributed by atoms with E-state index in [1.807, 2.05) is 0 Å². The number of esters is 2. The zero-order valence-corrected chi connectivity index (χ0v) is 11.5. The van der Waals surface area contributed by atoms with Crippen LogP contribution in [0, 0.1) is 23.7 Å². The lowest BCUT2D eigenvalue weighted by molar-refractivity contribution is -0.154. The highest BCUT2D eigenvalue weighted by atomic mass is 16.6. The van der Waals surface area contributed by atoms with E-state index in [2.05, 4.69) is 25.7 Å². The molecule has 3 heteroatoms. The largest absolute Gasteiger partial charge is 0.393 e. The number of ether oxygens (including phenoxy) is 1. The lowest BCUT2D eigenvalue weighted by Gasteiger charge is -2.08. The average molecular weight is 262 g/mol. The Kier molecular flexibility index (Phi) is 4.56. The number of hydrogen-bond acceptors (Lipinski definition) is 3. The van der Waals surface area contributed by atoms with Crippen molar-refractivity contribution in [2.75, 3.05) is 0 Å². The fourth-order valence-electron chi connectivity index (χ4n) is 3.24. The minimum absolute atomic E-state index is 0.0780. The van der Waals surface area contributed by atoms with Crippen LogP contribution >= 0.6 is 0 Å². The van der Waals surface area contributed by atoms with Crippen LogP contribution in [0.5, 0.6) is 0 Å². The number of unbranched alkanes of at least 4 members (excludes halogenated alkanes) is 3. The molecule has 3 nitrogen and oxygen atoms in total. The molecule has 0 spiro atoms. The molecule has 104 valence electrons. The molecule has 0 aromatic carbocycles. The minimum atomic E-state index is -0.359. The summed E-state index contributed by atoms with van der Waals surface area (Å²) in [4.78, 5) is 23.4. The Morgan fingerprint density at radius 2 is 1.89 bits per heavy atom. The minimum Gasteiger partial charge on any atom is -0.393 e. The fourth-order valence-corrected chi connectivity index (χ4v) is 3.24. The van der Waals surface area contributed by atoms with Crippen LogP contribution in [0.15, 0.2) is 24.8 Å². The summed E-state index contributed by atoms with van der Waals surface area (Å²) >= 11 is 0. The average Bonchev–Trinajstić information content (AvgIpc) is 2.90. The number of allylic oxidation sites excluding steroid dienone is 3. The van der Waals surface area contributed by atoms with Gasteiger partial charge in [0.05, 0.1) is 11.8 Å². The molecule has 1 saturated carbocycles. The molecule has 0 unspecified atom stereocenters. The van der Waals surface area contributed by atoms with Gasteiger partial charge in [-0.1, -0.05) is 38.0 Å². The lowest BCUT2D eigenvalue weighted by atomic mass is 9.89. The predicted molar refractivity (Wildman–Crippen MR) is 73.2 cm³/mol. The number of hydrogen-bond donors (Lipinski definition) is 0. The quantitative estimate of drug-likeness (QED) is 0.319. The lowest BCUT2D eigenvalue weighted by Crippen LogP contribution is -2.19. The van der Waals surface area contributed by atoms with Gasteiger partial charge in [-0.05, 0) is 31.1 Å². The third-order valence-corrected chi connectivity index (χ3v) is 4.26. The van der Waals surface area contributed by atoms with Gasteiger partial charge >= 0.3 is 11.9 Å². The van der Waals surface area contributed by atoms with Gasteiger partial charge < -0.3 is 4.74 Å². The van der Waals surface area contributed by atoms with Crippen LogP contribution < -0.4 is 0 Å². The van der Waals surface area contributed by atoms with Crippen molar-refractivity contribution in [2.24, 2.45) is 23.7 Å². The van der Waals surface area contributed by atoms with Crippen LogP contribution in [0.1, 0.15) is 39.0 Å². The van der Waals surface area contributed by atoms with Crippen molar-refractivity contribution in [3.63, 3.8) is 0 Å². The Labute approximate surface area is 114 Å². The van der Waals surface area contributed by atoms with Gasteiger partial charge in [0, 0.05) is 0 Å². The third-order valence-electron chi connectivity index (χ3n) is 4.26. The maximum atomic E-state index is 11.8. The summed E-state index contributed by atoms with van der Waals surface area (Å²) in [5.74, 6) is -1.07. The van der Waals surface area contributed by atoms with E-state index in [4.69, 9.17) is 4.74 Å². The van der Waals surface area contributed by atoms with E-state index in [9.17, 15) is 9.59 Å². The molecule has 0 aromatic heterocycles. The maximum Gasteiger partial charge on any atom is 0.318 e. The molecule has 0 aromatic rings. The Hall–Kier alpha value is -1.38. The summed E-state index contributed by atoms with van der Waals surface area (Å²) in [6.07, 6.45) is 11.6. The van der Waals surface area contributed by atoms with Crippen LogP contribution in [0.25, 0.3) is 0 Å². The molecule has 2 aliphatic rings. The summed E-state index contributed by atoms with van der Waals surface area (Å²) in [5, 5.41) is 0. The number of carbonyl (C=O) groups is 2. The molecule has 0 bridgehead atoms. The van der Waals surface area contributed by atoms with Crippen molar-refractivity contribution in [3.8, 4) is 0 Å². The van der Waals surface area contributed by atoms with Gasteiger partial charge in [-0.3, -0.25) is 9.59 Å². The molecule has 0 amide bonds. The highest BCUT2D eigenvalue weighted by Gasteiger charge is 2.55. The maximum absolute atomic E-state index is 11.8. The first-order chi connectivity index (χ1) is 9.19. The van der Waals surface area contributed by atoms with Gasteiger partial charge in [0.25, 0.3) is 0 Å². The molecule has 4 atom stereocenters. The molecule has 1 saturated heterocycles. The summed E-state index contributed by atoms with van der Waals surface area (Å²) in [6, 6.07) is 0. The van der Waals surface area contributed by atoms with E-state index >= 15 is 0 Å². The molecule has 1 aliphatic carbocycles. The highest BCUT2D eigenvalue weighted by Crippen LogP contribution is 2.47. The third kappa shape index (κ3) is 2.80. The van der Waals surface area contributed by atoms with Gasteiger partial charge in [-0.2, -0.15) is 0 Å². The summed E-state index contributed by atoms with van der Waals surface area (Å²) in [7, 11) is 0. The Bertz CT molecular complexity index is 397. The van der Waals surface area contributed by atoms with Crippen LogP contribution in [-0.4, -0.2) is 11.9 Å². The monoisotopic (exact) mass is 262 g/mol. The Balaban J connectivity index is 2.00. The number of cyclic esters (lactones) is 2. The first kappa shape index (κ1) is 14.0. The van der Waals surface area contributed by atoms with Crippen molar-refractivity contribution < 1.29 is 14.3 Å². The van der Waals surface area contributed by atoms with Gasteiger partial charge in [0.15, 0.2) is 0 Å². The summed E-state index contributed by atoms with van der Waals surface area (Å²) < 4.78 is 4.78. The van der Waals surface area contributed by atoms with Crippen LogP contribution in [0.3, 0.4) is 0 Å². The molecule has 1 heterocycles.